The van der Waals surface area contributed by atoms with Crippen LogP contribution in [0.2, 0.25) is 0 Å². The fourth-order valence-corrected chi connectivity index (χ4v) is 1.23. The molecule has 1 N–H and O–H groups in total. The molecule has 0 bridgehead atoms. The van der Waals surface area contributed by atoms with Crippen LogP contribution in [0.15, 0.2) is 0 Å². The van der Waals surface area contributed by atoms with Crippen LogP contribution in [0.3, 0.4) is 0 Å². The van der Waals surface area contributed by atoms with Gasteiger partial charge in [-0.15, -0.1) is 0 Å². The van der Waals surface area contributed by atoms with E-state index in [1.54, 1.807) is 0 Å². The Labute approximate surface area is 55.6 Å². The Hall–Kier alpha value is -0.110. The van der Waals surface area contributed by atoms with Crippen LogP contribution < -0.4 is 5.32 Å². The maximum Gasteiger partial charge on any atom is 0.113 e. The minimum atomic E-state index is -0.590. The second-order valence-electron chi connectivity index (χ2n) is 2.69. The number of halogens is 1. The van der Waals surface area contributed by atoms with Crippen molar-refractivity contribution >= 4 is 0 Å². The monoisotopic (exact) mass is 131 g/mol. The Bertz CT molecular complexity index is 77.0. The van der Waals surface area contributed by atoms with Crippen LogP contribution >= 0.6 is 0 Å². The molecule has 1 heterocycles. The molecule has 0 amide bonds. The Morgan fingerprint density at radius 1 is 1.56 bits per heavy atom. The third kappa shape index (κ3) is 1.94. The zero-order valence-electron chi connectivity index (χ0n) is 5.86. The number of hydrogen-bond acceptors (Lipinski definition) is 1. The number of rotatable bonds is 1. The summed E-state index contributed by atoms with van der Waals surface area (Å²) >= 11 is 0. The molecule has 2 atom stereocenters. The first kappa shape index (κ1) is 7.00. The first-order chi connectivity index (χ1) is 4.33. The van der Waals surface area contributed by atoms with Crippen LogP contribution in [-0.4, -0.2) is 18.8 Å². The van der Waals surface area contributed by atoms with Crippen LogP contribution in [0.25, 0.3) is 0 Å². The average Bonchev–Trinajstić information content (AvgIpc) is 1.90. The fourth-order valence-electron chi connectivity index (χ4n) is 1.23. The van der Waals surface area contributed by atoms with Crippen molar-refractivity contribution in [3.63, 3.8) is 0 Å². The summed E-state index contributed by atoms with van der Waals surface area (Å²) in [5.74, 6) is 0. The molecule has 1 saturated heterocycles. The van der Waals surface area contributed by atoms with Crippen molar-refractivity contribution in [1.82, 2.24) is 5.32 Å². The number of nitrogens with one attached hydrogen (secondary N) is 1. The molecule has 0 aromatic carbocycles. The molecule has 1 nitrogen and oxygen atoms in total. The fraction of sp³-hybridized carbons (Fsp3) is 1.00. The van der Waals surface area contributed by atoms with Gasteiger partial charge in [-0.25, -0.2) is 4.39 Å². The first-order valence-corrected chi connectivity index (χ1v) is 3.70. The minimum absolute atomic E-state index is 0.568. The summed E-state index contributed by atoms with van der Waals surface area (Å²) in [6, 6.07) is 0.581. The van der Waals surface area contributed by atoms with Crippen LogP contribution in [0, 0.1) is 0 Å². The van der Waals surface area contributed by atoms with Gasteiger partial charge in [0.05, 0.1) is 0 Å². The van der Waals surface area contributed by atoms with E-state index >= 15 is 0 Å². The Kier molecular flexibility index (Phi) is 2.46. The van der Waals surface area contributed by atoms with Crippen LogP contribution in [-0.2, 0) is 0 Å². The summed E-state index contributed by atoms with van der Waals surface area (Å²) in [5, 5.41) is 3.14. The van der Waals surface area contributed by atoms with Crippen LogP contribution in [0.5, 0.6) is 0 Å². The molecule has 1 aliphatic heterocycles. The predicted octanol–water partition coefficient (Wildman–Crippen LogP) is 1.49. The van der Waals surface area contributed by atoms with Crippen molar-refractivity contribution in [3.05, 3.63) is 0 Å². The Morgan fingerprint density at radius 2 is 2.33 bits per heavy atom. The summed E-state index contributed by atoms with van der Waals surface area (Å²) in [5.41, 5.74) is 0. The molecular weight excluding hydrogens is 117 g/mol. The molecule has 0 unspecified atom stereocenters. The molecule has 54 valence electrons. The number of piperidine rings is 1. The van der Waals surface area contributed by atoms with Gasteiger partial charge in [0.1, 0.15) is 6.17 Å². The lowest BCUT2D eigenvalue weighted by molar-refractivity contribution is 0.230. The van der Waals surface area contributed by atoms with Gasteiger partial charge in [-0.1, -0.05) is 6.92 Å². The second-order valence-corrected chi connectivity index (χ2v) is 2.69. The highest BCUT2D eigenvalue weighted by Gasteiger charge is 2.17. The van der Waals surface area contributed by atoms with Gasteiger partial charge in [0, 0.05) is 12.6 Å². The third-order valence-electron chi connectivity index (χ3n) is 1.95. The lowest BCUT2D eigenvalue weighted by Gasteiger charge is -2.24. The topological polar surface area (TPSA) is 12.0 Å². The highest BCUT2D eigenvalue weighted by atomic mass is 19.1. The largest absolute Gasteiger partial charge is 0.311 e. The number of alkyl halides is 1. The third-order valence-corrected chi connectivity index (χ3v) is 1.95. The van der Waals surface area contributed by atoms with E-state index in [1.165, 1.54) is 0 Å². The average molecular weight is 131 g/mol. The van der Waals surface area contributed by atoms with Gasteiger partial charge in [0.25, 0.3) is 0 Å². The predicted molar refractivity (Wildman–Crippen MR) is 36.2 cm³/mol. The molecular formula is C7H14FN. The molecule has 1 rings (SSSR count). The van der Waals surface area contributed by atoms with Crippen molar-refractivity contribution in [2.45, 2.75) is 38.4 Å². The molecule has 1 aliphatic rings. The van der Waals surface area contributed by atoms with Gasteiger partial charge in [0.2, 0.25) is 0 Å². The normalized spacial score (nSPS) is 36.7. The van der Waals surface area contributed by atoms with E-state index in [1.807, 2.05) is 0 Å². The van der Waals surface area contributed by atoms with Crippen LogP contribution in [0.1, 0.15) is 26.2 Å². The zero-order valence-corrected chi connectivity index (χ0v) is 5.86. The van der Waals surface area contributed by atoms with Crippen molar-refractivity contribution in [3.8, 4) is 0 Å². The van der Waals surface area contributed by atoms with Crippen molar-refractivity contribution in [2.24, 2.45) is 0 Å². The molecule has 0 aliphatic carbocycles. The Balaban J connectivity index is 2.18. The van der Waals surface area contributed by atoms with Crippen molar-refractivity contribution < 1.29 is 4.39 Å². The SMILES string of the molecule is CC[C@@H]1CC[C@H](F)CN1. The zero-order chi connectivity index (χ0) is 6.69. The Morgan fingerprint density at radius 3 is 2.78 bits per heavy atom. The lowest BCUT2D eigenvalue weighted by atomic mass is 10.0. The van der Waals surface area contributed by atoms with Gasteiger partial charge in [0.15, 0.2) is 0 Å². The maximum atomic E-state index is 12.4. The summed E-state index contributed by atoms with van der Waals surface area (Å²) in [4.78, 5) is 0. The highest BCUT2D eigenvalue weighted by molar-refractivity contribution is 4.75. The molecule has 9 heavy (non-hydrogen) atoms. The van der Waals surface area contributed by atoms with Crippen LogP contribution in [0.4, 0.5) is 4.39 Å². The first-order valence-electron chi connectivity index (χ1n) is 3.70. The van der Waals surface area contributed by atoms with Gasteiger partial charge in [-0.3, -0.25) is 0 Å². The summed E-state index contributed by atoms with van der Waals surface area (Å²) in [6.07, 6.45) is 2.31. The standard InChI is InChI=1S/C7H14FN/c1-2-7-4-3-6(8)5-9-7/h6-7,9H,2-5H2,1H3/t6-,7+/m0/s1. The van der Waals surface area contributed by atoms with Crippen molar-refractivity contribution in [1.29, 1.82) is 0 Å². The molecule has 2 heteroatoms. The molecule has 0 aromatic heterocycles. The molecule has 1 fully saturated rings. The van der Waals surface area contributed by atoms with Gasteiger partial charge in [-0.2, -0.15) is 0 Å². The van der Waals surface area contributed by atoms with E-state index in [4.69, 9.17) is 0 Å². The van der Waals surface area contributed by atoms with E-state index in [0.717, 1.165) is 19.3 Å². The van der Waals surface area contributed by atoms with Gasteiger partial charge in [-0.05, 0) is 19.3 Å². The smallest absolute Gasteiger partial charge is 0.113 e. The summed E-state index contributed by atoms with van der Waals surface area (Å²) in [7, 11) is 0. The van der Waals surface area contributed by atoms with E-state index in [9.17, 15) is 4.39 Å². The van der Waals surface area contributed by atoms with Crippen molar-refractivity contribution in [2.75, 3.05) is 6.54 Å². The second kappa shape index (κ2) is 3.16. The summed E-state index contributed by atoms with van der Waals surface area (Å²) in [6.45, 7) is 2.70. The molecule has 0 aromatic rings. The highest BCUT2D eigenvalue weighted by Crippen LogP contribution is 2.12. The minimum Gasteiger partial charge on any atom is -0.311 e. The molecule has 0 spiro atoms. The summed E-state index contributed by atoms with van der Waals surface area (Å²) < 4.78 is 12.4. The van der Waals surface area contributed by atoms with E-state index in [0.29, 0.717) is 12.6 Å². The van der Waals surface area contributed by atoms with E-state index < -0.39 is 6.17 Å². The lowest BCUT2D eigenvalue weighted by Crippen LogP contribution is -2.39. The van der Waals surface area contributed by atoms with E-state index in [-0.39, 0.29) is 0 Å². The molecule has 0 saturated carbocycles. The van der Waals surface area contributed by atoms with Gasteiger partial charge < -0.3 is 5.32 Å². The quantitative estimate of drug-likeness (QED) is 0.568. The molecule has 0 radical (unpaired) electrons. The van der Waals surface area contributed by atoms with E-state index in [2.05, 4.69) is 12.2 Å². The maximum absolute atomic E-state index is 12.4. The van der Waals surface area contributed by atoms with Gasteiger partial charge >= 0.3 is 0 Å². The number of hydrogen-bond donors (Lipinski definition) is 1.